The summed E-state index contributed by atoms with van der Waals surface area (Å²) in [7, 11) is 1.86. The van der Waals surface area contributed by atoms with Gasteiger partial charge in [0.25, 0.3) is 0 Å². The van der Waals surface area contributed by atoms with Crippen molar-refractivity contribution in [3.8, 4) is 11.3 Å². The zero-order chi connectivity index (χ0) is 24.4. The van der Waals surface area contributed by atoms with Crippen molar-refractivity contribution in [3.63, 3.8) is 0 Å². The number of aromatic amines is 1. The van der Waals surface area contributed by atoms with Crippen LogP contribution in [0.2, 0.25) is 0 Å². The van der Waals surface area contributed by atoms with Crippen LogP contribution in [0.25, 0.3) is 16.8 Å². The number of hydrogen-bond donors (Lipinski definition) is 3. The molecule has 0 saturated heterocycles. The topological polar surface area (TPSA) is 155 Å². The molecule has 5 rings (SSSR count). The van der Waals surface area contributed by atoms with Crippen molar-refractivity contribution in [1.82, 2.24) is 35.6 Å². The summed E-state index contributed by atoms with van der Waals surface area (Å²) in [5, 5.41) is 18.9. The molecule has 0 aliphatic carbocycles. The minimum Gasteiger partial charge on any atom is -0.392 e. The van der Waals surface area contributed by atoms with Gasteiger partial charge in [-0.15, -0.1) is 16.4 Å². The van der Waals surface area contributed by atoms with Crippen molar-refractivity contribution in [1.29, 1.82) is 0 Å². The summed E-state index contributed by atoms with van der Waals surface area (Å²) in [4.78, 5) is 37.4. The molecule has 1 atom stereocenters. The largest absolute Gasteiger partial charge is 0.434 e. The molecule has 13 heteroatoms. The quantitative estimate of drug-likeness (QED) is 0.495. The maximum atomic E-state index is 12.1. The third-order valence-corrected chi connectivity index (χ3v) is 6.49. The van der Waals surface area contributed by atoms with Gasteiger partial charge in [-0.1, -0.05) is 0 Å². The molecule has 0 radical (unpaired) electrons. The fourth-order valence-corrected chi connectivity index (χ4v) is 4.85. The number of amides is 2. The minimum atomic E-state index is -0.599. The van der Waals surface area contributed by atoms with Gasteiger partial charge in [-0.3, -0.25) is 20.0 Å². The lowest BCUT2D eigenvalue weighted by molar-refractivity contribution is 0.245. The number of dihydropyridines is 1. The molecule has 0 saturated carbocycles. The Labute approximate surface area is 203 Å². The highest BCUT2D eigenvalue weighted by Crippen LogP contribution is 2.37. The fourth-order valence-electron chi connectivity index (χ4n) is 3.95. The number of rotatable bonds is 5. The van der Waals surface area contributed by atoms with Gasteiger partial charge in [0.05, 0.1) is 24.4 Å². The Balaban J connectivity index is 1.47. The maximum Gasteiger partial charge on any atom is 0.434 e. The highest BCUT2D eigenvalue weighted by Gasteiger charge is 2.27. The van der Waals surface area contributed by atoms with Crippen LogP contribution in [0, 0.1) is 0 Å². The Bertz CT molecular complexity index is 1440. The van der Waals surface area contributed by atoms with E-state index in [1.807, 2.05) is 25.5 Å². The van der Waals surface area contributed by atoms with Crippen LogP contribution in [-0.2, 0) is 7.05 Å². The number of aromatic nitrogens is 5. The molecular formula is C22H23N9O3S. The molecule has 0 aromatic carbocycles. The van der Waals surface area contributed by atoms with Gasteiger partial charge >= 0.3 is 11.8 Å². The predicted octanol–water partition coefficient (Wildman–Crippen LogP) is 2.24. The number of H-pyrrole nitrogens is 1. The van der Waals surface area contributed by atoms with Crippen LogP contribution in [0.15, 0.2) is 54.3 Å². The van der Waals surface area contributed by atoms with Gasteiger partial charge in [-0.05, 0) is 24.5 Å². The number of urea groups is 1. The van der Waals surface area contributed by atoms with E-state index in [0.29, 0.717) is 31.8 Å². The van der Waals surface area contributed by atoms with Crippen molar-refractivity contribution < 1.29 is 9.21 Å². The van der Waals surface area contributed by atoms with Crippen LogP contribution in [0.3, 0.4) is 0 Å². The fraction of sp³-hybridized carbons (Fsp3) is 0.318. The van der Waals surface area contributed by atoms with Crippen molar-refractivity contribution in [2.45, 2.75) is 25.7 Å². The lowest BCUT2D eigenvalue weighted by Gasteiger charge is -2.23. The molecule has 180 valence electrons. The first-order chi connectivity index (χ1) is 17.0. The third-order valence-electron chi connectivity index (χ3n) is 5.59. The van der Waals surface area contributed by atoms with Crippen LogP contribution in [0.5, 0.6) is 0 Å². The van der Waals surface area contributed by atoms with Gasteiger partial charge in [0.15, 0.2) is 0 Å². The van der Waals surface area contributed by atoms with Gasteiger partial charge in [-0.25, -0.2) is 19.7 Å². The minimum absolute atomic E-state index is 0.274. The van der Waals surface area contributed by atoms with Crippen LogP contribution in [0.1, 0.15) is 36.6 Å². The highest BCUT2D eigenvalue weighted by molar-refractivity contribution is 7.11. The summed E-state index contributed by atoms with van der Waals surface area (Å²) in [6, 6.07) is -0.292. The Morgan fingerprint density at radius 1 is 1.37 bits per heavy atom. The van der Waals surface area contributed by atoms with E-state index in [4.69, 9.17) is 9.40 Å². The lowest BCUT2D eigenvalue weighted by atomic mass is 9.88. The summed E-state index contributed by atoms with van der Waals surface area (Å²) in [5.41, 5.74) is 4.67. The molecule has 2 aliphatic rings. The molecule has 12 nitrogen and oxygen atoms in total. The van der Waals surface area contributed by atoms with Crippen molar-refractivity contribution in [2.24, 2.45) is 17.0 Å². The molecular weight excluding hydrogens is 470 g/mol. The number of carbonyl (C=O) groups excluding carboxylic acids is 1. The average Bonchev–Trinajstić information content (AvgIpc) is 3.60. The van der Waals surface area contributed by atoms with Crippen molar-refractivity contribution in [3.05, 3.63) is 56.6 Å². The monoisotopic (exact) mass is 493 g/mol. The number of carbonyl (C=O) groups is 1. The van der Waals surface area contributed by atoms with Gasteiger partial charge in [0.2, 0.25) is 5.89 Å². The summed E-state index contributed by atoms with van der Waals surface area (Å²) in [6.45, 7) is 2.73. The van der Waals surface area contributed by atoms with E-state index in [1.54, 1.807) is 23.3 Å². The molecule has 2 amide bonds. The van der Waals surface area contributed by atoms with E-state index in [-0.39, 0.29) is 17.8 Å². The molecule has 5 heterocycles. The molecule has 1 unspecified atom stereocenters. The summed E-state index contributed by atoms with van der Waals surface area (Å²) in [5.74, 6) is -0.0117. The van der Waals surface area contributed by atoms with Crippen LogP contribution in [-0.4, -0.2) is 56.1 Å². The zero-order valence-corrected chi connectivity index (χ0v) is 19.9. The number of nitrogens with zero attached hydrogens (tertiary/aromatic N) is 6. The van der Waals surface area contributed by atoms with Gasteiger partial charge in [-0.2, -0.15) is 5.10 Å². The predicted molar refractivity (Wildman–Crippen MR) is 131 cm³/mol. The Kier molecular flexibility index (Phi) is 6.23. The van der Waals surface area contributed by atoms with Crippen LogP contribution >= 0.6 is 11.3 Å². The maximum absolute atomic E-state index is 12.1. The Morgan fingerprint density at radius 2 is 2.26 bits per heavy atom. The first-order valence-corrected chi connectivity index (χ1v) is 11.9. The molecule has 0 fully saturated rings. The number of thiazole rings is 1. The standard InChI is InChI=1S/C22H23N9O3S/c1-3-24-21(32)28-18-5-15(20-27-17(11-35-20)14-8-26-31(2)10-14)16(9-25-18)12-4-13(7-23-6-12)19-29-30-22(33)34-19/h6-8,10-11,13H,3-5,9H2,1-2H3,(H,30,33)(H2,24,25,28,32). The lowest BCUT2D eigenvalue weighted by Crippen LogP contribution is -2.40. The SMILES string of the molecule is CCNC(=O)NC1=NCC(C2=CN=CC(c3n[nH]c(=O)o3)C2)=C(c2nc(-c3cnn(C)c3)cs2)C1. The normalized spacial score (nSPS) is 17.8. The number of nitrogens with one attached hydrogen (secondary N) is 3. The number of hydrogen-bond acceptors (Lipinski definition) is 9. The number of aliphatic imine (C=N–C) groups is 2. The van der Waals surface area contributed by atoms with Crippen molar-refractivity contribution >= 4 is 35.0 Å². The summed E-state index contributed by atoms with van der Waals surface area (Å²) >= 11 is 1.53. The molecule has 0 spiro atoms. The summed E-state index contributed by atoms with van der Waals surface area (Å²) < 4.78 is 6.89. The summed E-state index contributed by atoms with van der Waals surface area (Å²) in [6.07, 6.45) is 8.16. The van der Waals surface area contributed by atoms with E-state index in [0.717, 1.165) is 33.0 Å². The third kappa shape index (κ3) is 4.89. The molecule has 35 heavy (non-hydrogen) atoms. The molecule has 0 bridgehead atoms. The first kappa shape index (κ1) is 22.7. The number of amidine groups is 1. The van der Waals surface area contributed by atoms with E-state index in [2.05, 4.69) is 35.9 Å². The van der Waals surface area contributed by atoms with E-state index in [1.165, 1.54) is 11.3 Å². The van der Waals surface area contributed by atoms with Crippen LogP contribution in [0.4, 0.5) is 4.79 Å². The van der Waals surface area contributed by atoms with Gasteiger partial charge in [0.1, 0.15) is 10.8 Å². The smallest absolute Gasteiger partial charge is 0.392 e. The molecule has 2 aliphatic heterocycles. The van der Waals surface area contributed by atoms with E-state index < -0.39 is 5.76 Å². The van der Waals surface area contributed by atoms with Crippen LogP contribution < -0.4 is 16.4 Å². The van der Waals surface area contributed by atoms with E-state index >= 15 is 0 Å². The second-order valence-electron chi connectivity index (χ2n) is 8.04. The number of aryl methyl sites for hydroxylation is 1. The Hall–Kier alpha value is -4.13. The Morgan fingerprint density at radius 3 is 3.00 bits per heavy atom. The molecule has 3 aromatic rings. The van der Waals surface area contributed by atoms with E-state index in [9.17, 15) is 9.59 Å². The average molecular weight is 494 g/mol. The van der Waals surface area contributed by atoms with Crippen molar-refractivity contribution in [2.75, 3.05) is 13.1 Å². The van der Waals surface area contributed by atoms with Gasteiger partial charge < -0.3 is 9.73 Å². The second-order valence-corrected chi connectivity index (χ2v) is 8.89. The first-order valence-electron chi connectivity index (χ1n) is 11.0. The second kappa shape index (κ2) is 9.62. The van der Waals surface area contributed by atoms with Gasteiger partial charge in [0, 0.05) is 55.1 Å². The highest BCUT2D eigenvalue weighted by atomic mass is 32.1. The molecule has 3 aromatic heterocycles. The zero-order valence-electron chi connectivity index (χ0n) is 19.1. The molecule has 3 N–H and O–H groups in total.